The SMILES string of the molecule is COCCCNC(=O)c1ccccc1NC(=O)CCCc1ccccc1. The van der Waals surface area contributed by atoms with E-state index in [1.807, 2.05) is 18.2 Å². The number of benzene rings is 2. The van der Waals surface area contributed by atoms with Crippen LogP contribution in [0.15, 0.2) is 54.6 Å². The number of hydrogen-bond donors (Lipinski definition) is 2. The summed E-state index contributed by atoms with van der Waals surface area (Å²) >= 11 is 0. The van der Waals surface area contributed by atoms with Gasteiger partial charge in [-0.1, -0.05) is 42.5 Å². The predicted molar refractivity (Wildman–Crippen MR) is 103 cm³/mol. The third-order valence-electron chi connectivity index (χ3n) is 3.97. The van der Waals surface area contributed by atoms with Crippen molar-refractivity contribution in [3.8, 4) is 0 Å². The van der Waals surface area contributed by atoms with Crippen molar-refractivity contribution in [2.24, 2.45) is 0 Å². The predicted octanol–water partition coefficient (Wildman–Crippen LogP) is 3.41. The van der Waals surface area contributed by atoms with Crippen molar-refractivity contribution < 1.29 is 14.3 Å². The highest BCUT2D eigenvalue weighted by Gasteiger charge is 2.12. The van der Waals surface area contributed by atoms with Crippen LogP contribution >= 0.6 is 0 Å². The molecule has 138 valence electrons. The lowest BCUT2D eigenvalue weighted by Crippen LogP contribution is -2.26. The first-order valence-corrected chi connectivity index (χ1v) is 8.90. The molecule has 0 aliphatic heterocycles. The molecule has 2 N–H and O–H groups in total. The molecule has 0 radical (unpaired) electrons. The molecule has 0 unspecified atom stereocenters. The lowest BCUT2D eigenvalue weighted by atomic mass is 10.1. The van der Waals surface area contributed by atoms with Crippen LogP contribution in [0.4, 0.5) is 5.69 Å². The molecule has 0 heterocycles. The number of amides is 2. The number of methoxy groups -OCH3 is 1. The van der Waals surface area contributed by atoms with Crippen LogP contribution < -0.4 is 10.6 Å². The van der Waals surface area contributed by atoms with Gasteiger partial charge in [-0.15, -0.1) is 0 Å². The standard InChI is InChI=1S/C21H26N2O3/c1-26-16-8-15-22-21(25)18-12-5-6-13-19(18)23-20(24)14-7-11-17-9-3-2-4-10-17/h2-6,9-10,12-13H,7-8,11,14-16H2,1H3,(H,22,25)(H,23,24). The summed E-state index contributed by atoms with van der Waals surface area (Å²) in [5.41, 5.74) is 2.24. The Morgan fingerprint density at radius 3 is 2.46 bits per heavy atom. The number of nitrogens with one attached hydrogen (secondary N) is 2. The Morgan fingerprint density at radius 2 is 1.69 bits per heavy atom. The van der Waals surface area contributed by atoms with Crippen molar-refractivity contribution in [2.45, 2.75) is 25.7 Å². The number of ether oxygens (including phenoxy) is 1. The van der Waals surface area contributed by atoms with Gasteiger partial charge in [0.15, 0.2) is 0 Å². The van der Waals surface area contributed by atoms with Crippen LogP contribution in [0.1, 0.15) is 35.2 Å². The third kappa shape index (κ3) is 6.69. The minimum Gasteiger partial charge on any atom is -0.385 e. The second-order valence-electron chi connectivity index (χ2n) is 6.04. The molecule has 0 aliphatic carbocycles. The molecule has 2 rings (SSSR count). The van der Waals surface area contributed by atoms with Gasteiger partial charge < -0.3 is 15.4 Å². The lowest BCUT2D eigenvalue weighted by molar-refractivity contribution is -0.116. The molecule has 26 heavy (non-hydrogen) atoms. The van der Waals surface area contributed by atoms with Gasteiger partial charge in [0.25, 0.3) is 5.91 Å². The van der Waals surface area contributed by atoms with E-state index in [9.17, 15) is 9.59 Å². The topological polar surface area (TPSA) is 67.4 Å². The van der Waals surface area contributed by atoms with Crippen molar-refractivity contribution in [3.05, 3.63) is 65.7 Å². The van der Waals surface area contributed by atoms with Gasteiger partial charge in [0.2, 0.25) is 5.91 Å². The first kappa shape index (κ1) is 19.7. The Kier molecular flexibility index (Phi) is 8.36. The molecule has 5 nitrogen and oxygen atoms in total. The molecular formula is C21H26N2O3. The zero-order chi connectivity index (χ0) is 18.6. The highest BCUT2D eigenvalue weighted by Crippen LogP contribution is 2.16. The van der Waals surface area contributed by atoms with Crippen molar-refractivity contribution >= 4 is 17.5 Å². The van der Waals surface area contributed by atoms with Crippen molar-refractivity contribution in [2.75, 3.05) is 25.6 Å². The molecule has 0 spiro atoms. The van der Waals surface area contributed by atoms with Crippen LogP contribution in [-0.2, 0) is 16.0 Å². The second-order valence-corrected chi connectivity index (χ2v) is 6.04. The highest BCUT2D eigenvalue weighted by atomic mass is 16.5. The first-order valence-electron chi connectivity index (χ1n) is 8.90. The van der Waals surface area contributed by atoms with E-state index in [0.29, 0.717) is 30.8 Å². The molecule has 2 aromatic rings. The fraction of sp³-hybridized carbons (Fsp3) is 0.333. The number of para-hydroxylation sites is 1. The summed E-state index contributed by atoms with van der Waals surface area (Å²) in [7, 11) is 1.63. The van der Waals surface area contributed by atoms with Gasteiger partial charge in [0.05, 0.1) is 11.3 Å². The first-order chi connectivity index (χ1) is 12.7. The van der Waals surface area contributed by atoms with E-state index in [0.717, 1.165) is 19.3 Å². The Morgan fingerprint density at radius 1 is 0.962 bits per heavy atom. The quantitative estimate of drug-likeness (QED) is 0.643. The lowest BCUT2D eigenvalue weighted by Gasteiger charge is -2.11. The van der Waals surface area contributed by atoms with Gasteiger partial charge in [0.1, 0.15) is 0 Å². The number of anilines is 1. The summed E-state index contributed by atoms with van der Waals surface area (Å²) < 4.78 is 4.97. The largest absolute Gasteiger partial charge is 0.385 e. The Bertz CT molecular complexity index is 701. The van der Waals surface area contributed by atoms with Crippen LogP contribution in [-0.4, -0.2) is 32.1 Å². The zero-order valence-corrected chi connectivity index (χ0v) is 15.2. The molecular weight excluding hydrogens is 328 g/mol. The van der Waals surface area contributed by atoms with E-state index in [-0.39, 0.29) is 11.8 Å². The maximum absolute atomic E-state index is 12.3. The highest BCUT2D eigenvalue weighted by molar-refractivity contribution is 6.03. The van der Waals surface area contributed by atoms with Crippen LogP contribution in [0.25, 0.3) is 0 Å². The summed E-state index contributed by atoms with van der Waals surface area (Å²) in [5.74, 6) is -0.276. The summed E-state index contributed by atoms with van der Waals surface area (Å²) in [6, 6.07) is 17.1. The summed E-state index contributed by atoms with van der Waals surface area (Å²) in [6.45, 7) is 1.13. The van der Waals surface area contributed by atoms with Gasteiger partial charge in [-0.05, 0) is 37.0 Å². The maximum atomic E-state index is 12.3. The van der Waals surface area contributed by atoms with E-state index in [4.69, 9.17) is 4.74 Å². The van der Waals surface area contributed by atoms with Gasteiger partial charge in [-0.2, -0.15) is 0 Å². The van der Waals surface area contributed by atoms with Crippen LogP contribution in [0.5, 0.6) is 0 Å². The van der Waals surface area contributed by atoms with E-state index in [2.05, 4.69) is 22.8 Å². The van der Waals surface area contributed by atoms with Crippen LogP contribution in [0, 0.1) is 0 Å². The third-order valence-corrected chi connectivity index (χ3v) is 3.97. The Balaban J connectivity index is 1.84. The molecule has 0 aliphatic rings. The normalized spacial score (nSPS) is 10.3. The summed E-state index contributed by atoms with van der Waals surface area (Å²) in [6.07, 6.45) is 2.78. The minimum atomic E-state index is -0.193. The molecule has 0 atom stereocenters. The van der Waals surface area contributed by atoms with E-state index < -0.39 is 0 Å². The fourth-order valence-corrected chi connectivity index (χ4v) is 2.61. The van der Waals surface area contributed by atoms with Gasteiger partial charge in [-0.25, -0.2) is 0 Å². The molecule has 0 saturated heterocycles. The molecule has 2 aromatic carbocycles. The summed E-state index contributed by atoms with van der Waals surface area (Å²) in [4.78, 5) is 24.5. The molecule has 0 bridgehead atoms. The fourth-order valence-electron chi connectivity index (χ4n) is 2.61. The number of carbonyl (C=O) groups excluding carboxylic acids is 2. The van der Waals surface area contributed by atoms with Crippen molar-refractivity contribution in [1.29, 1.82) is 0 Å². The van der Waals surface area contributed by atoms with Gasteiger partial charge in [0, 0.05) is 26.7 Å². The maximum Gasteiger partial charge on any atom is 0.253 e. The van der Waals surface area contributed by atoms with E-state index in [1.54, 1.807) is 31.4 Å². The van der Waals surface area contributed by atoms with Crippen LogP contribution in [0.3, 0.4) is 0 Å². The zero-order valence-electron chi connectivity index (χ0n) is 15.2. The van der Waals surface area contributed by atoms with Gasteiger partial charge >= 0.3 is 0 Å². The summed E-state index contributed by atoms with van der Waals surface area (Å²) in [5, 5.41) is 5.70. The minimum absolute atomic E-state index is 0.0828. The van der Waals surface area contributed by atoms with Gasteiger partial charge in [-0.3, -0.25) is 9.59 Å². The van der Waals surface area contributed by atoms with E-state index >= 15 is 0 Å². The molecule has 5 heteroatoms. The molecule has 0 aromatic heterocycles. The second kappa shape index (κ2) is 11.1. The Labute approximate surface area is 154 Å². The average molecular weight is 354 g/mol. The number of hydrogen-bond acceptors (Lipinski definition) is 3. The monoisotopic (exact) mass is 354 g/mol. The van der Waals surface area contributed by atoms with Crippen LogP contribution in [0.2, 0.25) is 0 Å². The number of rotatable bonds is 10. The number of carbonyl (C=O) groups is 2. The molecule has 0 fully saturated rings. The molecule has 2 amide bonds. The Hall–Kier alpha value is -2.66. The smallest absolute Gasteiger partial charge is 0.253 e. The number of aryl methyl sites for hydroxylation is 1. The van der Waals surface area contributed by atoms with E-state index in [1.165, 1.54) is 5.56 Å². The van der Waals surface area contributed by atoms with Crippen molar-refractivity contribution in [3.63, 3.8) is 0 Å². The average Bonchev–Trinajstić information content (AvgIpc) is 2.66. The van der Waals surface area contributed by atoms with Crippen molar-refractivity contribution in [1.82, 2.24) is 5.32 Å². The molecule has 0 saturated carbocycles.